The highest BCUT2D eigenvalue weighted by Gasteiger charge is 2.36. The predicted molar refractivity (Wildman–Crippen MR) is 135 cm³/mol. The molecule has 0 amide bonds. The van der Waals surface area contributed by atoms with E-state index in [2.05, 4.69) is 20.0 Å². The lowest BCUT2D eigenvalue weighted by molar-refractivity contribution is 0.122. The SMILES string of the molecule is Fc1ccc(F)c([C@H]2C[C@H](F)CN2c2ccc3ncc(/C=C/c4ccc(N5CCOCC5)cn4)n3n2)c1. The van der Waals surface area contributed by atoms with Crippen molar-refractivity contribution in [1.82, 2.24) is 19.6 Å². The Labute approximate surface area is 211 Å². The van der Waals surface area contributed by atoms with Crippen molar-refractivity contribution in [2.45, 2.75) is 18.6 Å². The molecule has 37 heavy (non-hydrogen) atoms. The van der Waals surface area contributed by atoms with Crippen molar-refractivity contribution < 1.29 is 17.9 Å². The minimum absolute atomic E-state index is 0.0401. The van der Waals surface area contributed by atoms with Crippen LogP contribution in [0.5, 0.6) is 0 Å². The molecule has 2 fully saturated rings. The summed E-state index contributed by atoms with van der Waals surface area (Å²) < 4.78 is 49.9. The van der Waals surface area contributed by atoms with Crippen LogP contribution >= 0.6 is 0 Å². The lowest BCUT2D eigenvalue weighted by Gasteiger charge is -2.28. The third-order valence-corrected chi connectivity index (χ3v) is 6.81. The first-order valence-electron chi connectivity index (χ1n) is 12.2. The van der Waals surface area contributed by atoms with Gasteiger partial charge in [-0.3, -0.25) is 4.98 Å². The number of hydrogen-bond acceptors (Lipinski definition) is 6. The molecular formula is C27H25F3N6O. The minimum atomic E-state index is -1.18. The topological polar surface area (TPSA) is 58.8 Å². The second-order valence-corrected chi connectivity index (χ2v) is 9.19. The molecule has 2 aliphatic rings. The summed E-state index contributed by atoms with van der Waals surface area (Å²) in [6, 6.07) is 10.1. The number of halogens is 3. The Morgan fingerprint density at radius 3 is 2.62 bits per heavy atom. The fraction of sp³-hybridized carbons (Fsp3) is 0.296. The molecule has 3 aromatic heterocycles. The van der Waals surface area contributed by atoms with Crippen LogP contribution in [-0.4, -0.2) is 58.6 Å². The number of ether oxygens (including phenoxy) is 1. The number of rotatable bonds is 5. The molecule has 0 unspecified atom stereocenters. The second kappa shape index (κ2) is 9.85. The Morgan fingerprint density at radius 2 is 1.81 bits per heavy atom. The lowest BCUT2D eigenvalue weighted by atomic mass is 10.0. The summed E-state index contributed by atoms with van der Waals surface area (Å²) in [6.45, 7) is 3.16. The van der Waals surface area contributed by atoms with Crippen molar-refractivity contribution in [3.05, 3.63) is 83.4 Å². The third-order valence-electron chi connectivity index (χ3n) is 6.81. The highest BCUT2D eigenvalue weighted by molar-refractivity contribution is 5.68. The van der Waals surface area contributed by atoms with Crippen molar-refractivity contribution >= 4 is 29.3 Å². The number of imidazole rings is 1. The van der Waals surface area contributed by atoms with Crippen LogP contribution in [0.2, 0.25) is 0 Å². The van der Waals surface area contributed by atoms with Crippen molar-refractivity contribution in [2.24, 2.45) is 0 Å². The van der Waals surface area contributed by atoms with Gasteiger partial charge in [0.2, 0.25) is 0 Å². The van der Waals surface area contributed by atoms with E-state index >= 15 is 0 Å². The number of aromatic nitrogens is 4. The van der Waals surface area contributed by atoms with E-state index in [-0.39, 0.29) is 18.5 Å². The van der Waals surface area contributed by atoms with Gasteiger partial charge in [0, 0.05) is 25.1 Å². The molecule has 2 saturated heterocycles. The van der Waals surface area contributed by atoms with Crippen LogP contribution in [-0.2, 0) is 4.74 Å². The summed E-state index contributed by atoms with van der Waals surface area (Å²) in [4.78, 5) is 12.9. The fourth-order valence-corrected chi connectivity index (χ4v) is 4.93. The third kappa shape index (κ3) is 4.76. The van der Waals surface area contributed by atoms with Gasteiger partial charge in [0.25, 0.3) is 0 Å². The summed E-state index contributed by atoms with van der Waals surface area (Å²) in [5, 5.41) is 4.67. The van der Waals surface area contributed by atoms with E-state index in [1.165, 1.54) is 0 Å². The Bertz CT molecular complexity index is 1430. The molecule has 0 bridgehead atoms. The maximum atomic E-state index is 14.5. The summed E-state index contributed by atoms with van der Waals surface area (Å²) in [5.74, 6) is -0.664. The standard InChI is InChI=1S/C27H25F3N6O/c28-18-1-6-24(30)23(13-18)25-14-19(29)17-35(25)27-8-7-26-32-16-22(36(26)33-27)5-3-20-2-4-21(15-31-20)34-9-11-37-12-10-34/h1-8,13,15-16,19,25H,9-12,14,17H2/b5-3+/t19-,25+/m0/s1. The molecule has 0 radical (unpaired) electrons. The molecular weight excluding hydrogens is 481 g/mol. The van der Waals surface area contributed by atoms with Gasteiger partial charge in [0.1, 0.15) is 23.6 Å². The maximum absolute atomic E-state index is 14.5. The van der Waals surface area contributed by atoms with E-state index in [4.69, 9.17) is 4.74 Å². The molecule has 7 nitrogen and oxygen atoms in total. The Morgan fingerprint density at radius 1 is 0.946 bits per heavy atom. The van der Waals surface area contributed by atoms with E-state index in [1.54, 1.807) is 27.7 Å². The van der Waals surface area contributed by atoms with Gasteiger partial charge in [-0.2, -0.15) is 0 Å². The average molecular weight is 507 g/mol. The van der Waals surface area contributed by atoms with Crippen molar-refractivity contribution in [1.29, 1.82) is 0 Å². The smallest absolute Gasteiger partial charge is 0.154 e. The maximum Gasteiger partial charge on any atom is 0.154 e. The number of nitrogens with zero attached hydrogens (tertiary/aromatic N) is 6. The molecule has 1 aromatic carbocycles. The number of anilines is 2. The molecule has 4 aromatic rings. The van der Waals surface area contributed by atoms with Crippen molar-refractivity contribution in [2.75, 3.05) is 42.6 Å². The number of alkyl halides is 1. The predicted octanol–water partition coefficient (Wildman–Crippen LogP) is 4.70. The van der Waals surface area contributed by atoms with E-state index in [9.17, 15) is 13.2 Å². The van der Waals surface area contributed by atoms with Crippen LogP contribution in [0.3, 0.4) is 0 Å². The van der Waals surface area contributed by atoms with E-state index in [0.29, 0.717) is 30.4 Å². The molecule has 0 saturated carbocycles. The van der Waals surface area contributed by atoms with Gasteiger partial charge in [-0.25, -0.2) is 22.7 Å². The van der Waals surface area contributed by atoms with Gasteiger partial charge in [-0.1, -0.05) is 0 Å². The minimum Gasteiger partial charge on any atom is -0.378 e. The summed E-state index contributed by atoms with van der Waals surface area (Å²) in [6.07, 6.45) is 6.15. The van der Waals surface area contributed by atoms with Crippen LogP contribution in [0, 0.1) is 11.6 Å². The normalized spacial score (nSPS) is 20.4. The summed E-state index contributed by atoms with van der Waals surface area (Å²) in [5.41, 5.74) is 3.29. The zero-order valence-corrected chi connectivity index (χ0v) is 20.0. The largest absolute Gasteiger partial charge is 0.378 e. The highest BCUT2D eigenvalue weighted by Crippen LogP contribution is 2.38. The second-order valence-electron chi connectivity index (χ2n) is 9.19. The lowest BCUT2D eigenvalue weighted by Crippen LogP contribution is -2.36. The molecule has 2 aliphatic heterocycles. The Kier molecular flexibility index (Phi) is 6.25. The van der Waals surface area contributed by atoms with E-state index in [0.717, 1.165) is 42.7 Å². The van der Waals surface area contributed by atoms with Crippen LogP contribution in [0.15, 0.2) is 54.9 Å². The number of fused-ring (bicyclic) bond motifs is 1. The van der Waals surface area contributed by atoms with Crippen LogP contribution < -0.4 is 9.80 Å². The molecule has 0 spiro atoms. The summed E-state index contributed by atoms with van der Waals surface area (Å²) >= 11 is 0. The van der Waals surface area contributed by atoms with Crippen molar-refractivity contribution in [3.8, 4) is 0 Å². The molecule has 0 N–H and O–H groups in total. The van der Waals surface area contributed by atoms with Gasteiger partial charge < -0.3 is 14.5 Å². The van der Waals surface area contributed by atoms with Gasteiger partial charge >= 0.3 is 0 Å². The monoisotopic (exact) mass is 506 g/mol. The molecule has 6 rings (SSSR count). The molecule has 10 heteroatoms. The Balaban J connectivity index is 1.26. The number of pyridine rings is 1. The van der Waals surface area contributed by atoms with Crippen LogP contribution in [0.1, 0.15) is 29.4 Å². The molecule has 2 atom stereocenters. The molecule has 0 aliphatic carbocycles. The highest BCUT2D eigenvalue weighted by atomic mass is 19.1. The molecule has 5 heterocycles. The first kappa shape index (κ1) is 23.5. The average Bonchev–Trinajstić information content (AvgIpc) is 3.52. The van der Waals surface area contributed by atoms with E-state index < -0.39 is 23.8 Å². The quantitative estimate of drug-likeness (QED) is 0.391. The Hall–Kier alpha value is -3.92. The van der Waals surface area contributed by atoms with Gasteiger partial charge in [-0.05, 0) is 54.6 Å². The van der Waals surface area contributed by atoms with Gasteiger partial charge in [-0.15, -0.1) is 5.10 Å². The first-order chi connectivity index (χ1) is 18.0. The van der Waals surface area contributed by atoms with Crippen LogP contribution in [0.25, 0.3) is 17.8 Å². The zero-order valence-electron chi connectivity index (χ0n) is 20.0. The number of hydrogen-bond donors (Lipinski definition) is 0. The molecule has 190 valence electrons. The first-order valence-corrected chi connectivity index (χ1v) is 12.2. The van der Waals surface area contributed by atoms with Crippen molar-refractivity contribution in [3.63, 3.8) is 0 Å². The van der Waals surface area contributed by atoms with Gasteiger partial charge in [0.05, 0.1) is 55.3 Å². The number of morpholine rings is 1. The fourth-order valence-electron chi connectivity index (χ4n) is 4.93. The van der Waals surface area contributed by atoms with Gasteiger partial charge in [0.15, 0.2) is 5.65 Å². The van der Waals surface area contributed by atoms with Crippen LogP contribution in [0.4, 0.5) is 24.7 Å². The summed E-state index contributed by atoms with van der Waals surface area (Å²) in [7, 11) is 0. The zero-order chi connectivity index (χ0) is 25.4. The van der Waals surface area contributed by atoms with E-state index in [1.807, 2.05) is 30.5 Å². The number of benzene rings is 1.